The minimum absolute atomic E-state index is 0.267. The molecule has 100 valence electrons. The van der Waals surface area contributed by atoms with Crippen LogP contribution < -0.4 is 0 Å². The number of fused-ring (bicyclic) bond motifs is 1. The Balaban J connectivity index is 2.20. The van der Waals surface area contributed by atoms with E-state index in [1.165, 1.54) is 11.6 Å². The van der Waals surface area contributed by atoms with E-state index in [9.17, 15) is 4.39 Å². The Morgan fingerprint density at radius 1 is 0.800 bits per heavy atom. The van der Waals surface area contributed by atoms with E-state index in [1.807, 2.05) is 36.4 Å². The van der Waals surface area contributed by atoms with Crippen LogP contribution in [0.5, 0.6) is 0 Å². The maximum atomic E-state index is 13.9. The van der Waals surface area contributed by atoms with Crippen molar-refractivity contribution in [2.75, 3.05) is 0 Å². The molecular weight excluding hydrogens is 271 g/mol. The number of hydrogen-bond acceptors (Lipinski definition) is 0. The summed E-state index contributed by atoms with van der Waals surface area (Å²) in [6.07, 6.45) is 0. The predicted octanol–water partition coefficient (Wildman–Crippen LogP) is 5.62. The molecule has 0 aromatic heterocycles. The first-order valence-corrected chi connectivity index (χ1v) is 6.99. The Hall–Kier alpha value is -1.86. The number of benzene rings is 3. The molecule has 20 heavy (non-hydrogen) atoms. The highest BCUT2D eigenvalue weighted by Crippen LogP contribution is 2.35. The van der Waals surface area contributed by atoms with Crippen molar-refractivity contribution in [1.29, 1.82) is 0 Å². The van der Waals surface area contributed by atoms with Gasteiger partial charge in [-0.1, -0.05) is 54.6 Å². The molecule has 3 aromatic rings. The first kappa shape index (κ1) is 13.1. The second-order valence-electron chi connectivity index (χ2n) is 4.90. The Morgan fingerprint density at radius 2 is 1.45 bits per heavy atom. The van der Waals surface area contributed by atoms with Gasteiger partial charge in [0, 0.05) is 5.56 Å². The van der Waals surface area contributed by atoms with Crippen LogP contribution in [0.2, 0.25) is 0 Å². The van der Waals surface area contributed by atoms with Gasteiger partial charge < -0.3 is 0 Å². The molecule has 0 fully saturated rings. The zero-order valence-corrected chi connectivity index (χ0v) is 11.9. The fourth-order valence-electron chi connectivity index (χ4n) is 2.54. The van der Waals surface area contributed by atoms with E-state index in [2.05, 4.69) is 13.0 Å². The fourth-order valence-corrected chi connectivity index (χ4v) is 2.91. The van der Waals surface area contributed by atoms with E-state index < -0.39 is 5.38 Å². The maximum absolute atomic E-state index is 13.9. The largest absolute Gasteiger partial charge is 0.207 e. The lowest BCUT2D eigenvalue weighted by molar-refractivity contribution is 0.612. The van der Waals surface area contributed by atoms with Crippen molar-refractivity contribution < 1.29 is 4.39 Å². The van der Waals surface area contributed by atoms with Crippen molar-refractivity contribution in [1.82, 2.24) is 0 Å². The summed E-state index contributed by atoms with van der Waals surface area (Å²) in [5.74, 6) is -0.267. The minimum atomic E-state index is -0.485. The number of rotatable bonds is 2. The van der Waals surface area contributed by atoms with Gasteiger partial charge in [-0.3, -0.25) is 0 Å². The van der Waals surface area contributed by atoms with Gasteiger partial charge in [0.15, 0.2) is 0 Å². The lowest BCUT2D eigenvalue weighted by Crippen LogP contribution is -1.98. The van der Waals surface area contributed by atoms with Crippen LogP contribution in [0.3, 0.4) is 0 Å². The molecular formula is C18H14ClF. The van der Waals surface area contributed by atoms with Gasteiger partial charge in [-0.25, -0.2) is 4.39 Å². The topological polar surface area (TPSA) is 0 Å². The molecule has 0 saturated heterocycles. The molecule has 0 radical (unpaired) electrons. The van der Waals surface area contributed by atoms with Gasteiger partial charge in [-0.2, -0.15) is 0 Å². The summed E-state index contributed by atoms with van der Waals surface area (Å²) in [7, 11) is 0. The molecule has 0 N–H and O–H groups in total. The lowest BCUT2D eigenvalue weighted by Gasteiger charge is -2.15. The maximum Gasteiger partial charge on any atom is 0.128 e. The molecule has 0 amide bonds. The van der Waals surface area contributed by atoms with Gasteiger partial charge in [-0.05, 0) is 34.9 Å². The minimum Gasteiger partial charge on any atom is -0.207 e. The lowest BCUT2D eigenvalue weighted by atomic mass is 9.95. The second kappa shape index (κ2) is 5.26. The van der Waals surface area contributed by atoms with E-state index >= 15 is 0 Å². The number of alkyl halides is 1. The third-order valence-corrected chi connectivity index (χ3v) is 4.10. The third-order valence-electron chi connectivity index (χ3n) is 3.63. The number of hydrogen-bond donors (Lipinski definition) is 0. The molecule has 1 atom stereocenters. The summed E-state index contributed by atoms with van der Waals surface area (Å²) < 4.78 is 13.9. The first-order valence-electron chi connectivity index (χ1n) is 6.55. The standard InChI is InChI=1S/C18H14ClF/c1-12-10-11-15(14-7-3-2-6-13(12)14)18(19)16-8-4-5-9-17(16)20/h2-11,18H,1H3. The molecule has 0 spiro atoms. The van der Waals surface area contributed by atoms with E-state index in [1.54, 1.807) is 12.1 Å². The smallest absolute Gasteiger partial charge is 0.128 e. The van der Waals surface area contributed by atoms with Crippen molar-refractivity contribution in [3.8, 4) is 0 Å². The summed E-state index contributed by atoms with van der Waals surface area (Å²) in [6, 6.07) is 18.8. The van der Waals surface area contributed by atoms with Crippen molar-refractivity contribution in [3.63, 3.8) is 0 Å². The van der Waals surface area contributed by atoms with Crippen LogP contribution in [0.25, 0.3) is 10.8 Å². The van der Waals surface area contributed by atoms with Gasteiger partial charge in [0.2, 0.25) is 0 Å². The van der Waals surface area contributed by atoms with Gasteiger partial charge in [0.1, 0.15) is 5.82 Å². The first-order chi connectivity index (χ1) is 9.68. The van der Waals surface area contributed by atoms with Crippen LogP contribution in [0.1, 0.15) is 22.1 Å². The summed E-state index contributed by atoms with van der Waals surface area (Å²) in [5.41, 5.74) is 2.66. The van der Waals surface area contributed by atoms with Crippen LogP contribution in [0.15, 0.2) is 60.7 Å². The Labute approximate surface area is 122 Å². The molecule has 0 aliphatic heterocycles. The summed E-state index contributed by atoms with van der Waals surface area (Å²) in [4.78, 5) is 0. The van der Waals surface area contributed by atoms with E-state index in [0.29, 0.717) is 5.56 Å². The quantitative estimate of drug-likeness (QED) is 0.536. The van der Waals surface area contributed by atoms with Crippen LogP contribution in [0.4, 0.5) is 4.39 Å². The Bertz CT molecular complexity index is 764. The normalized spacial score (nSPS) is 12.6. The van der Waals surface area contributed by atoms with Crippen LogP contribution >= 0.6 is 11.6 Å². The number of aryl methyl sites for hydroxylation is 1. The van der Waals surface area contributed by atoms with Crippen LogP contribution in [-0.2, 0) is 0 Å². The molecule has 0 aliphatic rings. The van der Waals surface area contributed by atoms with E-state index in [0.717, 1.165) is 16.3 Å². The fraction of sp³-hybridized carbons (Fsp3) is 0.111. The molecule has 1 unspecified atom stereocenters. The molecule has 2 heteroatoms. The third kappa shape index (κ3) is 2.19. The molecule has 3 rings (SSSR count). The average Bonchev–Trinajstić information content (AvgIpc) is 2.48. The molecule has 0 saturated carbocycles. The Kier molecular flexibility index (Phi) is 3.45. The zero-order valence-electron chi connectivity index (χ0n) is 11.1. The molecule has 0 bridgehead atoms. The molecule has 3 aromatic carbocycles. The van der Waals surface area contributed by atoms with Crippen molar-refractivity contribution >= 4 is 22.4 Å². The summed E-state index contributed by atoms with van der Waals surface area (Å²) in [6.45, 7) is 2.07. The van der Waals surface area contributed by atoms with Gasteiger partial charge in [-0.15, -0.1) is 11.6 Å². The highest BCUT2D eigenvalue weighted by molar-refractivity contribution is 6.23. The highest BCUT2D eigenvalue weighted by Gasteiger charge is 2.17. The predicted molar refractivity (Wildman–Crippen MR) is 82.8 cm³/mol. The zero-order chi connectivity index (χ0) is 14.1. The molecule has 0 aliphatic carbocycles. The second-order valence-corrected chi connectivity index (χ2v) is 5.34. The monoisotopic (exact) mass is 284 g/mol. The summed E-state index contributed by atoms with van der Waals surface area (Å²) in [5, 5.41) is 1.75. The SMILES string of the molecule is Cc1ccc(C(Cl)c2ccccc2F)c2ccccc12. The van der Waals surface area contributed by atoms with Gasteiger partial charge in [0.25, 0.3) is 0 Å². The highest BCUT2D eigenvalue weighted by atomic mass is 35.5. The van der Waals surface area contributed by atoms with Gasteiger partial charge >= 0.3 is 0 Å². The summed E-state index contributed by atoms with van der Waals surface area (Å²) >= 11 is 6.53. The van der Waals surface area contributed by atoms with Crippen LogP contribution in [-0.4, -0.2) is 0 Å². The van der Waals surface area contributed by atoms with E-state index in [4.69, 9.17) is 11.6 Å². The average molecular weight is 285 g/mol. The Morgan fingerprint density at radius 3 is 2.20 bits per heavy atom. The van der Waals surface area contributed by atoms with Crippen molar-refractivity contribution in [3.05, 3.63) is 83.2 Å². The van der Waals surface area contributed by atoms with E-state index in [-0.39, 0.29) is 5.82 Å². The van der Waals surface area contributed by atoms with Crippen molar-refractivity contribution in [2.45, 2.75) is 12.3 Å². The van der Waals surface area contributed by atoms with Crippen molar-refractivity contribution in [2.24, 2.45) is 0 Å². The van der Waals surface area contributed by atoms with Crippen LogP contribution in [0, 0.1) is 12.7 Å². The molecule has 0 heterocycles. The van der Waals surface area contributed by atoms with Gasteiger partial charge in [0.05, 0.1) is 5.38 Å². The number of halogens is 2. The molecule has 0 nitrogen and oxygen atoms in total.